The highest BCUT2D eigenvalue weighted by Gasteiger charge is 2.44. The predicted octanol–water partition coefficient (Wildman–Crippen LogP) is 0.885. The number of aliphatic hydroxyl groups is 1. The quantitative estimate of drug-likeness (QED) is 0.748. The number of primary amides is 1. The van der Waals surface area contributed by atoms with Gasteiger partial charge in [-0.15, -0.1) is 0 Å². The molecule has 3 rings (SSSR count). The van der Waals surface area contributed by atoms with Crippen LogP contribution in [0.1, 0.15) is 31.2 Å². The van der Waals surface area contributed by atoms with Gasteiger partial charge in [0.25, 0.3) is 5.91 Å². The van der Waals surface area contributed by atoms with Gasteiger partial charge in [-0.25, -0.2) is 4.39 Å². The number of methoxy groups -OCH3 is 1. The number of β-amino-alcohol motifs (C(OH)–C–C–N with tert-alkyl or cyclic N) is 1. The Bertz CT molecular complexity index is 736. The number of ether oxygens (including phenoxy) is 1. The summed E-state index contributed by atoms with van der Waals surface area (Å²) in [6, 6.07) is 4.42. The number of hydrogen-bond donors (Lipinski definition) is 2. The molecule has 1 atom stereocenters. The Morgan fingerprint density at radius 3 is 2.71 bits per heavy atom. The normalized spacial score (nSPS) is 24.4. The first-order chi connectivity index (χ1) is 13.3. The summed E-state index contributed by atoms with van der Waals surface area (Å²) in [5, 5.41) is 11.0. The average Bonchev–Trinajstić information content (AvgIpc) is 2.67. The van der Waals surface area contributed by atoms with Crippen LogP contribution in [0.25, 0.3) is 0 Å². The zero-order valence-corrected chi connectivity index (χ0v) is 16.2. The van der Waals surface area contributed by atoms with E-state index >= 15 is 0 Å². The van der Waals surface area contributed by atoms with Crippen molar-refractivity contribution >= 4 is 11.8 Å². The second kappa shape index (κ2) is 8.45. The number of piperidine rings is 2. The maximum atomic E-state index is 14.2. The Kier molecular flexibility index (Phi) is 6.20. The Labute approximate surface area is 164 Å². The minimum absolute atomic E-state index is 0.0912. The third kappa shape index (κ3) is 4.44. The fourth-order valence-electron chi connectivity index (χ4n) is 4.11. The second-order valence-corrected chi connectivity index (χ2v) is 7.77. The van der Waals surface area contributed by atoms with E-state index in [1.165, 1.54) is 24.1 Å². The van der Waals surface area contributed by atoms with Crippen molar-refractivity contribution in [3.05, 3.63) is 29.6 Å². The molecule has 2 saturated heterocycles. The summed E-state index contributed by atoms with van der Waals surface area (Å²) < 4.78 is 19.3. The molecule has 28 heavy (non-hydrogen) atoms. The molecule has 0 saturated carbocycles. The van der Waals surface area contributed by atoms with Crippen LogP contribution in [-0.2, 0) is 16.1 Å². The van der Waals surface area contributed by atoms with Gasteiger partial charge in [-0.1, -0.05) is 0 Å². The zero-order chi connectivity index (χ0) is 20.3. The Morgan fingerprint density at radius 1 is 1.36 bits per heavy atom. The molecule has 2 fully saturated rings. The maximum Gasteiger partial charge on any atom is 0.256 e. The first kappa shape index (κ1) is 20.5. The molecule has 0 spiro atoms. The summed E-state index contributed by atoms with van der Waals surface area (Å²) in [7, 11) is 1.50. The van der Waals surface area contributed by atoms with E-state index in [9.17, 15) is 19.1 Å². The van der Waals surface area contributed by atoms with E-state index in [1.54, 1.807) is 6.07 Å². The van der Waals surface area contributed by atoms with Gasteiger partial charge in [0.1, 0.15) is 11.6 Å². The summed E-state index contributed by atoms with van der Waals surface area (Å²) in [5.74, 6) is -0.693. The van der Waals surface area contributed by atoms with E-state index in [4.69, 9.17) is 10.5 Å². The van der Waals surface area contributed by atoms with E-state index in [1.807, 2.05) is 4.90 Å². The lowest BCUT2D eigenvalue weighted by Gasteiger charge is -2.42. The van der Waals surface area contributed by atoms with Crippen LogP contribution in [0, 0.1) is 11.7 Å². The predicted molar refractivity (Wildman–Crippen MR) is 101 cm³/mol. The van der Waals surface area contributed by atoms with E-state index in [-0.39, 0.29) is 30.8 Å². The molecule has 2 aliphatic heterocycles. The van der Waals surface area contributed by atoms with Gasteiger partial charge in [-0.05, 0) is 57.0 Å². The molecular weight excluding hydrogens is 365 g/mol. The zero-order valence-electron chi connectivity index (χ0n) is 16.2. The average molecular weight is 393 g/mol. The minimum atomic E-state index is -1.49. The maximum absolute atomic E-state index is 14.2. The van der Waals surface area contributed by atoms with Crippen molar-refractivity contribution < 1.29 is 23.8 Å². The van der Waals surface area contributed by atoms with E-state index < -0.39 is 11.4 Å². The lowest BCUT2D eigenvalue weighted by molar-refractivity contribution is -0.160. The Hall–Kier alpha value is -2.19. The van der Waals surface area contributed by atoms with Crippen LogP contribution in [0.2, 0.25) is 0 Å². The molecule has 2 amide bonds. The minimum Gasteiger partial charge on any atom is -0.497 e. The molecule has 0 radical (unpaired) electrons. The second-order valence-electron chi connectivity index (χ2n) is 7.77. The molecule has 7 nitrogen and oxygen atoms in total. The van der Waals surface area contributed by atoms with E-state index in [0.717, 1.165) is 0 Å². The van der Waals surface area contributed by atoms with Gasteiger partial charge >= 0.3 is 0 Å². The van der Waals surface area contributed by atoms with Crippen molar-refractivity contribution in [2.45, 2.75) is 37.8 Å². The van der Waals surface area contributed by atoms with Crippen molar-refractivity contribution in [1.29, 1.82) is 0 Å². The summed E-state index contributed by atoms with van der Waals surface area (Å²) in [5.41, 5.74) is 4.23. The van der Waals surface area contributed by atoms with E-state index in [2.05, 4.69) is 0 Å². The standard InChI is InChI=1S/C20H28FN3O4/c1-28-16-3-4-17(21)15(11-16)12-24-8-2-7-20(27,19(24)26)13-23-9-5-14(6-10-23)18(22)25/h3-4,11,14,27H,2,5-10,12-13H2,1H3,(H2,22,25)/t20-/m0/s1. The first-order valence-electron chi connectivity index (χ1n) is 9.68. The van der Waals surface area contributed by atoms with Crippen molar-refractivity contribution in [1.82, 2.24) is 9.80 Å². The van der Waals surface area contributed by atoms with Crippen molar-refractivity contribution in [3.8, 4) is 5.75 Å². The number of carbonyl (C=O) groups is 2. The molecule has 3 N–H and O–H groups in total. The summed E-state index contributed by atoms with van der Waals surface area (Å²) in [6.45, 7) is 2.02. The van der Waals surface area contributed by atoms with Gasteiger partial charge in [-0.3, -0.25) is 14.5 Å². The first-order valence-corrected chi connectivity index (χ1v) is 9.68. The largest absolute Gasteiger partial charge is 0.497 e. The highest BCUT2D eigenvalue weighted by atomic mass is 19.1. The van der Waals surface area contributed by atoms with Gasteiger partial charge in [0.15, 0.2) is 5.60 Å². The molecule has 1 aromatic carbocycles. The Morgan fingerprint density at radius 2 is 2.07 bits per heavy atom. The topological polar surface area (TPSA) is 96.1 Å². The highest BCUT2D eigenvalue weighted by molar-refractivity contribution is 5.86. The number of likely N-dealkylation sites (tertiary alicyclic amines) is 2. The number of nitrogens with zero attached hydrogens (tertiary/aromatic N) is 2. The van der Waals surface area contributed by atoms with Gasteiger partial charge in [0.05, 0.1) is 7.11 Å². The fraction of sp³-hybridized carbons (Fsp3) is 0.600. The smallest absolute Gasteiger partial charge is 0.256 e. The molecular formula is C20H28FN3O4. The number of amides is 2. The lowest BCUT2D eigenvalue weighted by atomic mass is 9.89. The van der Waals surface area contributed by atoms with E-state index in [0.29, 0.717) is 56.6 Å². The number of nitrogens with two attached hydrogens (primary N) is 1. The van der Waals surface area contributed by atoms with Gasteiger partial charge in [0, 0.05) is 31.1 Å². The molecule has 2 heterocycles. The number of hydrogen-bond acceptors (Lipinski definition) is 5. The third-order valence-electron chi connectivity index (χ3n) is 5.79. The van der Waals surface area contributed by atoms with Gasteiger partial charge in [0.2, 0.25) is 5.91 Å². The number of halogens is 1. The molecule has 0 unspecified atom stereocenters. The highest BCUT2D eigenvalue weighted by Crippen LogP contribution is 2.28. The summed E-state index contributed by atoms with van der Waals surface area (Å²) in [4.78, 5) is 27.8. The van der Waals surface area contributed by atoms with Crippen LogP contribution < -0.4 is 10.5 Å². The molecule has 0 bridgehead atoms. The molecule has 2 aliphatic rings. The molecule has 8 heteroatoms. The van der Waals surface area contributed by atoms with Crippen LogP contribution in [0.15, 0.2) is 18.2 Å². The van der Waals surface area contributed by atoms with Crippen LogP contribution in [0.5, 0.6) is 5.75 Å². The third-order valence-corrected chi connectivity index (χ3v) is 5.79. The number of rotatable bonds is 6. The van der Waals surface area contributed by atoms with Crippen LogP contribution in [0.3, 0.4) is 0 Å². The van der Waals surface area contributed by atoms with Crippen molar-refractivity contribution in [2.24, 2.45) is 11.7 Å². The number of carbonyl (C=O) groups excluding carboxylic acids is 2. The van der Waals surface area contributed by atoms with Crippen molar-refractivity contribution in [2.75, 3.05) is 33.3 Å². The van der Waals surface area contributed by atoms with Crippen molar-refractivity contribution in [3.63, 3.8) is 0 Å². The van der Waals surface area contributed by atoms with Crippen LogP contribution in [0.4, 0.5) is 4.39 Å². The molecule has 0 aromatic heterocycles. The lowest BCUT2D eigenvalue weighted by Crippen LogP contribution is -2.59. The Balaban J connectivity index is 1.65. The van der Waals surface area contributed by atoms with Crippen LogP contribution in [-0.4, -0.2) is 65.6 Å². The fourth-order valence-corrected chi connectivity index (χ4v) is 4.11. The molecule has 0 aliphatic carbocycles. The van der Waals surface area contributed by atoms with Gasteiger partial charge < -0.3 is 20.5 Å². The van der Waals surface area contributed by atoms with Crippen LogP contribution >= 0.6 is 0 Å². The summed E-state index contributed by atoms with van der Waals surface area (Å²) in [6.07, 6.45) is 2.29. The number of benzene rings is 1. The van der Waals surface area contributed by atoms with Gasteiger partial charge in [-0.2, -0.15) is 0 Å². The molecule has 154 valence electrons. The SMILES string of the molecule is COc1ccc(F)c(CN2CCC[C@](O)(CN3CCC(C(N)=O)CC3)C2=O)c1. The summed E-state index contributed by atoms with van der Waals surface area (Å²) >= 11 is 0. The monoisotopic (exact) mass is 393 g/mol. The molecule has 1 aromatic rings.